The second-order valence-corrected chi connectivity index (χ2v) is 2.58. The lowest BCUT2D eigenvalue weighted by Gasteiger charge is -2.17. The van der Waals surface area contributed by atoms with E-state index in [9.17, 15) is 9.59 Å². The normalized spacial score (nSPS) is 26.3. The maximum Gasteiger partial charge on any atom is 0.238 e. The summed E-state index contributed by atoms with van der Waals surface area (Å²) in [7, 11) is 0. The van der Waals surface area contributed by atoms with E-state index in [1.807, 2.05) is 0 Å². The van der Waals surface area contributed by atoms with Crippen molar-refractivity contribution in [1.82, 2.24) is 5.32 Å². The number of amides is 1. The maximum absolute atomic E-state index is 11.1. The molecule has 0 saturated carbocycles. The van der Waals surface area contributed by atoms with Crippen molar-refractivity contribution < 1.29 is 9.59 Å². The van der Waals surface area contributed by atoms with Crippen LogP contribution in [0.4, 0.5) is 0 Å². The van der Waals surface area contributed by atoms with Gasteiger partial charge < -0.3 is 5.32 Å². The number of nitrogens with one attached hydrogen (secondary N) is 1. The largest absolute Gasteiger partial charge is 0.316 e. The Bertz CT molecular complexity index is 339. The summed E-state index contributed by atoms with van der Waals surface area (Å²) < 4.78 is 0. The molecule has 2 aliphatic rings. The van der Waals surface area contributed by atoms with Crippen LogP contribution in [0.1, 0.15) is 0 Å². The Morgan fingerprint density at radius 2 is 2.25 bits per heavy atom. The second kappa shape index (κ2) is 2.41. The van der Waals surface area contributed by atoms with Crippen LogP contribution >= 0.6 is 0 Å². The number of hydrogen-bond donors (Lipinski definition) is 1. The molecule has 2 rings (SSSR count). The first-order chi connectivity index (χ1) is 5.77. The maximum atomic E-state index is 11.1. The molecule has 0 spiro atoms. The Morgan fingerprint density at radius 3 is 3.08 bits per heavy atom. The summed E-state index contributed by atoms with van der Waals surface area (Å²) in [6.45, 7) is 0. The molecule has 1 unspecified atom stereocenters. The highest BCUT2D eigenvalue weighted by Gasteiger charge is 2.25. The number of carbonyl (C=O) groups excluding carboxylic acids is 2. The fraction of sp³-hybridized carbons (Fsp3) is 0.125. The molecular weight excluding hydrogens is 156 g/mol. The van der Waals surface area contributed by atoms with Crippen LogP contribution in [0, 0.1) is 5.92 Å². The number of rotatable bonds is 0. The van der Waals surface area contributed by atoms with E-state index in [1.54, 1.807) is 6.08 Å². The molecule has 1 N–H and O–H groups in total. The van der Waals surface area contributed by atoms with E-state index >= 15 is 0 Å². The van der Waals surface area contributed by atoms with Crippen LogP contribution in [0.2, 0.25) is 0 Å². The molecule has 1 amide bonds. The summed E-state index contributed by atoms with van der Waals surface area (Å²) in [5, 5.41) is 2.46. The standard InChI is InChI=1S/C8H6N2O2/c11-5-1-2-6-7(3-5)9-4-10-8(6)12/h1-4,6H,(H,9,10,12). The van der Waals surface area contributed by atoms with Gasteiger partial charge in [0, 0.05) is 6.08 Å². The van der Waals surface area contributed by atoms with Gasteiger partial charge in [-0.25, -0.2) is 4.99 Å². The molecule has 4 nitrogen and oxygen atoms in total. The SMILES string of the molecule is O=C1C=CC2C(=O)NC=NC2=C1. The summed E-state index contributed by atoms with van der Waals surface area (Å²) in [5.74, 6) is -0.638. The molecule has 0 fully saturated rings. The molecule has 0 aromatic rings. The van der Waals surface area contributed by atoms with Crippen molar-refractivity contribution in [2.75, 3.05) is 0 Å². The number of ketones is 1. The van der Waals surface area contributed by atoms with Gasteiger partial charge in [0.15, 0.2) is 5.78 Å². The van der Waals surface area contributed by atoms with E-state index in [0.717, 1.165) is 0 Å². The van der Waals surface area contributed by atoms with Crippen LogP contribution in [0.5, 0.6) is 0 Å². The number of allylic oxidation sites excluding steroid dienone is 2. The van der Waals surface area contributed by atoms with Gasteiger partial charge in [-0.1, -0.05) is 6.08 Å². The number of nitrogens with zero attached hydrogens (tertiary/aromatic N) is 1. The fourth-order valence-electron chi connectivity index (χ4n) is 1.17. The van der Waals surface area contributed by atoms with Crippen molar-refractivity contribution in [2.45, 2.75) is 0 Å². The van der Waals surface area contributed by atoms with E-state index in [4.69, 9.17) is 0 Å². The first-order valence-corrected chi connectivity index (χ1v) is 3.54. The van der Waals surface area contributed by atoms with Gasteiger partial charge in [0.05, 0.1) is 18.0 Å². The van der Waals surface area contributed by atoms with E-state index in [0.29, 0.717) is 5.70 Å². The van der Waals surface area contributed by atoms with E-state index < -0.39 is 0 Å². The molecule has 0 aromatic carbocycles. The fourth-order valence-corrected chi connectivity index (χ4v) is 1.17. The second-order valence-electron chi connectivity index (χ2n) is 2.58. The van der Waals surface area contributed by atoms with Gasteiger partial charge in [-0.2, -0.15) is 0 Å². The molecule has 1 atom stereocenters. The Labute approximate surface area is 68.7 Å². The first-order valence-electron chi connectivity index (χ1n) is 3.54. The van der Waals surface area contributed by atoms with Crippen LogP contribution in [0.25, 0.3) is 0 Å². The van der Waals surface area contributed by atoms with Crippen LogP contribution in [-0.4, -0.2) is 18.0 Å². The van der Waals surface area contributed by atoms with Gasteiger partial charge in [-0.05, 0) is 6.08 Å². The first kappa shape index (κ1) is 6.97. The minimum Gasteiger partial charge on any atom is -0.316 e. The third kappa shape index (κ3) is 0.972. The topological polar surface area (TPSA) is 58.5 Å². The Kier molecular flexibility index (Phi) is 1.40. The zero-order valence-corrected chi connectivity index (χ0v) is 6.15. The van der Waals surface area contributed by atoms with Gasteiger partial charge in [0.1, 0.15) is 0 Å². The van der Waals surface area contributed by atoms with Crippen molar-refractivity contribution in [3.63, 3.8) is 0 Å². The number of fused-ring (bicyclic) bond motifs is 1. The van der Waals surface area contributed by atoms with Crippen LogP contribution in [0.15, 0.2) is 28.9 Å². The van der Waals surface area contributed by atoms with Gasteiger partial charge in [0.2, 0.25) is 5.91 Å². The van der Waals surface area contributed by atoms with Crippen molar-refractivity contribution >= 4 is 18.0 Å². The van der Waals surface area contributed by atoms with Crippen molar-refractivity contribution in [3.05, 3.63) is 23.9 Å². The smallest absolute Gasteiger partial charge is 0.238 e. The lowest BCUT2D eigenvalue weighted by molar-refractivity contribution is -0.121. The van der Waals surface area contributed by atoms with Gasteiger partial charge in [-0.15, -0.1) is 0 Å². The predicted octanol–water partition coefficient (Wildman–Crippen LogP) is -0.217. The molecule has 0 radical (unpaired) electrons. The monoisotopic (exact) mass is 162 g/mol. The minimum absolute atomic E-state index is 0.117. The van der Waals surface area contributed by atoms with E-state index in [2.05, 4.69) is 10.3 Å². The third-order valence-corrected chi connectivity index (χ3v) is 1.76. The Hall–Kier alpha value is -1.71. The molecular formula is C8H6N2O2. The highest BCUT2D eigenvalue weighted by molar-refractivity contribution is 6.05. The number of hydrogen-bond acceptors (Lipinski definition) is 3. The third-order valence-electron chi connectivity index (χ3n) is 1.76. The lowest BCUT2D eigenvalue weighted by Crippen LogP contribution is -2.34. The summed E-state index contributed by atoms with van der Waals surface area (Å²) >= 11 is 0. The van der Waals surface area contributed by atoms with Gasteiger partial charge in [0.25, 0.3) is 0 Å². The quantitative estimate of drug-likeness (QED) is 0.535. The van der Waals surface area contributed by atoms with Crippen molar-refractivity contribution in [1.29, 1.82) is 0 Å². The predicted molar refractivity (Wildman–Crippen MR) is 42.4 cm³/mol. The lowest BCUT2D eigenvalue weighted by atomic mass is 9.97. The molecule has 1 aliphatic carbocycles. The number of aliphatic imine (C=N–C) groups is 1. The van der Waals surface area contributed by atoms with Crippen LogP contribution in [0.3, 0.4) is 0 Å². The van der Waals surface area contributed by atoms with E-state index in [-0.39, 0.29) is 17.6 Å². The molecule has 12 heavy (non-hydrogen) atoms. The average molecular weight is 162 g/mol. The van der Waals surface area contributed by atoms with E-state index in [1.165, 1.54) is 18.5 Å². The minimum atomic E-state index is -0.382. The zero-order valence-electron chi connectivity index (χ0n) is 6.15. The molecule has 0 saturated heterocycles. The van der Waals surface area contributed by atoms with Crippen LogP contribution < -0.4 is 5.32 Å². The van der Waals surface area contributed by atoms with Gasteiger partial charge in [-0.3, -0.25) is 9.59 Å². The van der Waals surface area contributed by atoms with Crippen molar-refractivity contribution in [3.8, 4) is 0 Å². The highest BCUT2D eigenvalue weighted by atomic mass is 16.2. The van der Waals surface area contributed by atoms with Gasteiger partial charge >= 0.3 is 0 Å². The molecule has 60 valence electrons. The Balaban J connectivity index is 2.42. The molecule has 1 heterocycles. The average Bonchev–Trinajstić information content (AvgIpc) is 2.04. The molecule has 4 heteroatoms. The summed E-state index contributed by atoms with van der Waals surface area (Å²) in [6, 6.07) is 0. The molecule has 1 aliphatic heterocycles. The van der Waals surface area contributed by atoms with Crippen molar-refractivity contribution in [2.24, 2.45) is 10.9 Å². The highest BCUT2D eigenvalue weighted by Crippen LogP contribution is 2.20. The number of carbonyl (C=O) groups is 2. The molecule has 0 bridgehead atoms. The Morgan fingerprint density at radius 1 is 1.42 bits per heavy atom. The zero-order chi connectivity index (χ0) is 8.55. The summed E-state index contributed by atoms with van der Waals surface area (Å²) in [5.41, 5.74) is 0.520. The summed E-state index contributed by atoms with van der Waals surface area (Å²) in [4.78, 5) is 25.9. The summed E-state index contributed by atoms with van der Waals surface area (Å²) in [6.07, 6.45) is 5.62. The van der Waals surface area contributed by atoms with Crippen LogP contribution in [-0.2, 0) is 9.59 Å². The molecule has 0 aromatic heterocycles.